The van der Waals surface area contributed by atoms with Crippen LogP contribution < -0.4 is 0 Å². The largest absolute Gasteiger partial charge is 0.310 e. The molecule has 2 aromatic rings. The van der Waals surface area contributed by atoms with Crippen LogP contribution in [-0.2, 0) is 12.4 Å². The van der Waals surface area contributed by atoms with Gasteiger partial charge in [-0.1, -0.05) is 29.8 Å². The number of benzene rings is 1. The minimum absolute atomic E-state index is 0.262. The Bertz CT molecular complexity index is 583. The molecule has 19 heavy (non-hydrogen) atoms. The smallest absolute Gasteiger partial charge is 0.166 e. The Morgan fingerprint density at radius 2 is 2.11 bits per heavy atom. The lowest BCUT2D eigenvalue weighted by Gasteiger charge is -2.12. The number of rotatable bonds is 4. The maximum atomic E-state index is 14.0. The predicted octanol–water partition coefficient (Wildman–Crippen LogP) is 4.24. The first-order valence-corrected chi connectivity index (χ1v) is 7.29. The molecule has 3 nitrogen and oxygen atoms in total. The second kappa shape index (κ2) is 6.01. The van der Waals surface area contributed by atoms with Gasteiger partial charge in [0.15, 0.2) is 5.82 Å². The lowest BCUT2D eigenvalue weighted by molar-refractivity contribution is 0.514. The van der Waals surface area contributed by atoms with Crippen molar-refractivity contribution in [2.75, 3.05) is 0 Å². The molecular weight excluding hydrogens is 333 g/mol. The van der Waals surface area contributed by atoms with E-state index in [9.17, 15) is 4.39 Å². The van der Waals surface area contributed by atoms with E-state index in [0.717, 1.165) is 0 Å². The molecule has 2 rings (SSSR count). The van der Waals surface area contributed by atoms with Crippen molar-refractivity contribution in [3.8, 4) is 11.4 Å². The van der Waals surface area contributed by atoms with Crippen molar-refractivity contribution >= 4 is 27.5 Å². The summed E-state index contributed by atoms with van der Waals surface area (Å²) in [6, 6.07) is 4.90. The van der Waals surface area contributed by atoms with Crippen LogP contribution in [0.25, 0.3) is 11.4 Å². The molecule has 0 fully saturated rings. The van der Waals surface area contributed by atoms with Gasteiger partial charge in [0.1, 0.15) is 11.6 Å². The molecule has 0 unspecified atom stereocenters. The molecule has 6 heteroatoms. The Labute approximate surface area is 124 Å². The highest BCUT2D eigenvalue weighted by Crippen LogP contribution is 2.25. The number of halogens is 3. The minimum Gasteiger partial charge on any atom is -0.310 e. The molecular formula is C13H14BrClFN3. The molecule has 0 aliphatic carbocycles. The van der Waals surface area contributed by atoms with Crippen molar-refractivity contribution in [1.29, 1.82) is 0 Å². The molecule has 0 bridgehead atoms. The summed E-state index contributed by atoms with van der Waals surface area (Å²) < 4.78 is 16.6. The average molecular weight is 347 g/mol. The number of hydrogen-bond donors (Lipinski definition) is 0. The third-order valence-electron chi connectivity index (χ3n) is 2.67. The summed E-state index contributed by atoms with van der Waals surface area (Å²) >= 11 is 9.10. The summed E-state index contributed by atoms with van der Waals surface area (Å²) in [5.41, 5.74) is 0.438. The van der Waals surface area contributed by atoms with Gasteiger partial charge in [0.2, 0.25) is 0 Å². The van der Waals surface area contributed by atoms with Crippen molar-refractivity contribution in [3.05, 3.63) is 34.3 Å². The van der Waals surface area contributed by atoms with Crippen molar-refractivity contribution in [1.82, 2.24) is 14.8 Å². The number of alkyl halides is 1. The van der Waals surface area contributed by atoms with Crippen molar-refractivity contribution in [2.45, 2.75) is 26.3 Å². The molecule has 0 radical (unpaired) electrons. The van der Waals surface area contributed by atoms with Crippen LogP contribution in [0.1, 0.15) is 19.7 Å². The van der Waals surface area contributed by atoms with Gasteiger partial charge in [-0.3, -0.25) is 0 Å². The Morgan fingerprint density at radius 3 is 2.68 bits per heavy atom. The van der Waals surface area contributed by atoms with Crippen LogP contribution in [0.2, 0.25) is 0 Å². The fraction of sp³-hybridized carbons (Fsp3) is 0.385. The molecule has 0 saturated carbocycles. The Morgan fingerprint density at radius 1 is 1.37 bits per heavy atom. The van der Waals surface area contributed by atoms with Crippen LogP contribution >= 0.6 is 27.5 Å². The lowest BCUT2D eigenvalue weighted by Crippen LogP contribution is -2.09. The fourth-order valence-corrected chi connectivity index (χ4v) is 2.39. The molecule has 1 heterocycles. The summed E-state index contributed by atoms with van der Waals surface area (Å²) in [5.74, 6) is 1.52. The van der Waals surface area contributed by atoms with E-state index in [1.165, 1.54) is 6.07 Å². The van der Waals surface area contributed by atoms with Crippen LogP contribution in [0.15, 0.2) is 22.7 Å². The van der Waals surface area contributed by atoms with Gasteiger partial charge in [0.05, 0.1) is 11.4 Å². The molecule has 0 N–H and O–H groups in total. The summed E-state index contributed by atoms with van der Waals surface area (Å²) in [6.45, 7) is 4.87. The zero-order valence-electron chi connectivity index (χ0n) is 10.7. The average Bonchev–Trinajstić information content (AvgIpc) is 2.71. The summed E-state index contributed by atoms with van der Waals surface area (Å²) in [7, 11) is 0. The van der Waals surface area contributed by atoms with E-state index in [2.05, 4.69) is 40.0 Å². The normalized spacial score (nSPS) is 11.3. The minimum atomic E-state index is -0.326. The van der Waals surface area contributed by atoms with Crippen LogP contribution in [0.4, 0.5) is 4.39 Å². The highest BCUT2D eigenvalue weighted by Gasteiger charge is 2.17. The summed E-state index contributed by atoms with van der Waals surface area (Å²) in [5, 5.41) is 8.10. The van der Waals surface area contributed by atoms with E-state index in [0.29, 0.717) is 34.1 Å². The number of hydrogen-bond acceptors (Lipinski definition) is 2. The van der Waals surface area contributed by atoms with Gasteiger partial charge in [-0.25, -0.2) is 4.39 Å². The number of aromatic nitrogens is 3. The van der Waals surface area contributed by atoms with Crippen molar-refractivity contribution in [3.63, 3.8) is 0 Å². The monoisotopic (exact) mass is 345 g/mol. The molecule has 0 spiro atoms. The Balaban J connectivity index is 2.52. The second-order valence-corrected chi connectivity index (χ2v) is 5.89. The standard InChI is InChI=1S/C13H14BrClFN3/c1-8(2)7-19-12(6-15)17-18-13(19)10-4-3-9(14)5-11(10)16/h3-5,8H,6-7H2,1-2H3. The van der Waals surface area contributed by atoms with Gasteiger partial charge in [-0.05, 0) is 24.1 Å². The van der Waals surface area contributed by atoms with Gasteiger partial charge in [0.25, 0.3) is 0 Å². The van der Waals surface area contributed by atoms with Gasteiger partial charge >= 0.3 is 0 Å². The number of nitrogens with zero attached hydrogens (tertiary/aromatic N) is 3. The molecule has 1 aromatic carbocycles. The maximum absolute atomic E-state index is 14.0. The van der Waals surface area contributed by atoms with E-state index in [-0.39, 0.29) is 11.7 Å². The maximum Gasteiger partial charge on any atom is 0.166 e. The van der Waals surface area contributed by atoms with Crippen LogP contribution in [0.5, 0.6) is 0 Å². The van der Waals surface area contributed by atoms with Crippen molar-refractivity contribution in [2.24, 2.45) is 5.92 Å². The topological polar surface area (TPSA) is 30.7 Å². The predicted molar refractivity (Wildman–Crippen MR) is 77.5 cm³/mol. The summed E-state index contributed by atoms with van der Waals surface area (Å²) in [6.07, 6.45) is 0. The van der Waals surface area contributed by atoms with Gasteiger partial charge in [0, 0.05) is 11.0 Å². The van der Waals surface area contributed by atoms with E-state index >= 15 is 0 Å². The Kier molecular flexibility index (Phi) is 4.58. The van der Waals surface area contributed by atoms with Crippen LogP contribution in [-0.4, -0.2) is 14.8 Å². The molecule has 0 aliphatic heterocycles. The van der Waals surface area contributed by atoms with E-state index in [1.54, 1.807) is 12.1 Å². The first kappa shape index (κ1) is 14.5. The second-order valence-electron chi connectivity index (χ2n) is 4.70. The highest BCUT2D eigenvalue weighted by molar-refractivity contribution is 9.10. The molecule has 0 amide bonds. The molecule has 1 aromatic heterocycles. The zero-order valence-corrected chi connectivity index (χ0v) is 13.0. The van der Waals surface area contributed by atoms with E-state index in [1.807, 2.05) is 4.57 Å². The highest BCUT2D eigenvalue weighted by atomic mass is 79.9. The van der Waals surface area contributed by atoms with Crippen LogP contribution in [0, 0.1) is 11.7 Å². The van der Waals surface area contributed by atoms with Gasteiger partial charge in [-0.15, -0.1) is 21.8 Å². The fourth-order valence-electron chi connectivity index (χ4n) is 1.86. The first-order chi connectivity index (χ1) is 9.02. The lowest BCUT2D eigenvalue weighted by atomic mass is 10.1. The molecule has 0 atom stereocenters. The molecule has 102 valence electrons. The zero-order chi connectivity index (χ0) is 14.0. The van der Waals surface area contributed by atoms with E-state index in [4.69, 9.17) is 11.6 Å². The SMILES string of the molecule is CC(C)Cn1c(CCl)nnc1-c1ccc(Br)cc1F. The molecule has 0 saturated heterocycles. The quantitative estimate of drug-likeness (QED) is 0.775. The van der Waals surface area contributed by atoms with Crippen molar-refractivity contribution < 1.29 is 4.39 Å². The van der Waals surface area contributed by atoms with Crippen LogP contribution in [0.3, 0.4) is 0 Å². The molecule has 0 aliphatic rings. The first-order valence-electron chi connectivity index (χ1n) is 5.96. The Hall–Kier alpha value is -0.940. The van der Waals surface area contributed by atoms with E-state index < -0.39 is 0 Å². The third kappa shape index (κ3) is 3.15. The summed E-state index contributed by atoms with van der Waals surface area (Å²) in [4.78, 5) is 0. The van der Waals surface area contributed by atoms with Gasteiger partial charge < -0.3 is 4.57 Å². The third-order valence-corrected chi connectivity index (χ3v) is 3.40. The van der Waals surface area contributed by atoms with Gasteiger partial charge in [-0.2, -0.15) is 0 Å².